The van der Waals surface area contributed by atoms with Gasteiger partial charge in [0.05, 0.1) is 6.20 Å². The second-order valence-corrected chi connectivity index (χ2v) is 6.08. The Morgan fingerprint density at radius 1 is 1.48 bits per heavy atom. The summed E-state index contributed by atoms with van der Waals surface area (Å²) in [5.41, 5.74) is 0. The van der Waals surface area contributed by atoms with Gasteiger partial charge in [-0.3, -0.25) is 9.59 Å². The van der Waals surface area contributed by atoms with E-state index in [0.717, 1.165) is 44.0 Å². The highest BCUT2D eigenvalue weighted by Crippen LogP contribution is 2.18. The second kappa shape index (κ2) is 7.97. The van der Waals surface area contributed by atoms with Crippen molar-refractivity contribution in [2.24, 2.45) is 0 Å². The van der Waals surface area contributed by atoms with E-state index in [1.54, 1.807) is 6.20 Å². The van der Waals surface area contributed by atoms with E-state index in [-0.39, 0.29) is 11.8 Å². The molecular weight excluding hydrogens is 288 g/mol. The number of carbonyl (C=O) groups excluding carboxylic acids is 2. The quantitative estimate of drug-likeness (QED) is 0.717. The maximum absolute atomic E-state index is 11.7. The van der Waals surface area contributed by atoms with Crippen LogP contribution < -0.4 is 10.6 Å². The molecular formula is C14H22N4O2S. The number of likely N-dealkylation sites (tertiary alicyclic amines) is 1. The predicted molar refractivity (Wildman–Crippen MR) is 83.7 cm³/mol. The van der Waals surface area contributed by atoms with Gasteiger partial charge in [-0.2, -0.15) is 0 Å². The molecule has 1 aromatic rings. The number of nitrogens with one attached hydrogen (secondary N) is 2. The molecule has 0 radical (unpaired) electrons. The second-order valence-electron chi connectivity index (χ2n) is 5.05. The van der Waals surface area contributed by atoms with Gasteiger partial charge in [0, 0.05) is 32.6 Å². The Morgan fingerprint density at radius 3 is 3.05 bits per heavy atom. The maximum Gasteiger partial charge on any atom is 0.263 e. The van der Waals surface area contributed by atoms with Crippen molar-refractivity contribution in [1.29, 1.82) is 0 Å². The summed E-state index contributed by atoms with van der Waals surface area (Å²) in [6.07, 6.45) is 5.08. The average molecular weight is 310 g/mol. The Labute approximate surface area is 128 Å². The molecule has 1 aromatic heterocycles. The molecule has 21 heavy (non-hydrogen) atoms. The number of nitrogens with zero attached hydrogens (tertiary/aromatic N) is 2. The zero-order valence-corrected chi connectivity index (χ0v) is 13.2. The molecule has 1 saturated heterocycles. The summed E-state index contributed by atoms with van der Waals surface area (Å²) >= 11 is 1.36. The lowest BCUT2D eigenvalue weighted by molar-refractivity contribution is -0.127. The molecule has 2 rings (SSSR count). The number of carbonyl (C=O) groups is 2. The SMILES string of the molecule is CCCNC(=O)c1cnc(NCCCN2CCCC2=O)s1. The van der Waals surface area contributed by atoms with Gasteiger partial charge in [-0.15, -0.1) is 0 Å². The predicted octanol–water partition coefficient (Wildman–Crippen LogP) is 1.71. The van der Waals surface area contributed by atoms with Crippen LogP contribution in [0.25, 0.3) is 0 Å². The van der Waals surface area contributed by atoms with E-state index in [4.69, 9.17) is 0 Å². The number of thiazole rings is 1. The summed E-state index contributed by atoms with van der Waals surface area (Å²) in [4.78, 5) is 29.9. The molecule has 7 heteroatoms. The van der Waals surface area contributed by atoms with Crippen LogP contribution in [0.3, 0.4) is 0 Å². The molecule has 2 amide bonds. The first-order valence-corrected chi connectivity index (χ1v) is 8.28. The number of amides is 2. The van der Waals surface area contributed by atoms with Crippen molar-refractivity contribution in [1.82, 2.24) is 15.2 Å². The number of hydrogen-bond donors (Lipinski definition) is 2. The summed E-state index contributed by atoms with van der Waals surface area (Å²) in [5.74, 6) is 0.198. The highest BCUT2D eigenvalue weighted by atomic mass is 32.1. The Bertz CT molecular complexity index is 489. The standard InChI is InChI=1S/C14H22N4O2S/c1-2-6-15-13(20)11-10-17-14(21-11)16-7-4-9-18-8-3-5-12(18)19/h10H,2-9H2,1H3,(H,15,20)(H,16,17). The van der Waals surface area contributed by atoms with Gasteiger partial charge in [0.1, 0.15) is 4.88 Å². The zero-order chi connectivity index (χ0) is 15.1. The van der Waals surface area contributed by atoms with Crippen molar-refractivity contribution in [2.45, 2.75) is 32.6 Å². The summed E-state index contributed by atoms with van der Waals surface area (Å²) < 4.78 is 0. The Balaban J connectivity index is 1.68. The molecule has 0 saturated carbocycles. The van der Waals surface area contributed by atoms with Crippen LogP contribution in [0.1, 0.15) is 42.3 Å². The van der Waals surface area contributed by atoms with Crippen LogP contribution in [-0.4, -0.2) is 47.9 Å². The van der Waals surface area contributed by atoms with Crippen molar-refractivity contribution < 1.29 is 9.59 Å². The van der Waals surface area contributed by atoms with E-state index in [0.29, 0.717) is 17.8 Å². The molecule has 0 spiro atoms. The minimum absolute atomic E-state index is 0.0648. The summed E-state index contributed by atoms with van der Waals surface area (Å²) in [6.45, 7) is 5.14. The largest absolute Gasteiger partial charge is 0.361 e. The van der Waals surface area contributed by atoms with Crippen molar-refractivity contribution in [3.8, 4) is 0 Å². The normalized spacial score (nSPS) is 14.5. The van der Waals surface area contributed by atoms with E-state index < -0.39 is 0 Å². The molecule has 0 aliphatic carbocycles. The molecule has 2 heterocycles. The van der Waals surface area contributed by atoms with E-state index in [1.165, 1.54) is 11.3 Å². The van der Waals surface area contributed by atoms with E-state index in [1.807, 2.05) is 11.8 Å². The number of anilines is 1. The van der Waals surface area contributed by atoms with Crippen molar-refractivity contribution in [2.75, 3.05) is 31.5 Å². The van der Waals surface area contributed by atoms with Gasteiger partial charge in [-0.05, 0) is 19.3 Å². The summed E-state index contributed by atoms with van der Waals surface area (Å²) in [7, 11) is 0. The summed E-state index contributed by atoms with van der Waals surface area (Å²) in [6, 6.07) is 0. The topological polar surface area (TPSA) is 74.3 Å². The van der Waals surface area contributed by atoms with E-state index >= 15 is 0 Å². The highest BCUT2D eigenvalue weighted by molar-refractivity contribution is 7.17. The third kappa shape index (κ3) is 4.70. The average Bonchev–Trinajstić information content (AvgIpc) is 3.10. The lowest BCUT2D eigenvalue weighted by Gasteiger charge is -2.14. The Kier molecular flexibility index (Phi) is 5.98. The minimum Gasteiger partial charge on any atom is -0.361 e. The van der Waals surface area contributed by atoms with E-state index in [2.05, 4.69) is 15.6 Å². The Morgan fingerprint density at radius 2 is 2.33 bits per heavy atom. The molecule has 0 unspecified atom stereocenters. The first kappa shape index (κ1) is 15.8. The molecule has 1 fully saturated rings. The van der Waals surface area contributed by atoms with Crippen LogP contribution in [0.2, 0.25) is 0 Å². The Hall–Kier alpha value is -1.63. The summed E-state index contributed by atoms with van der Waals surface area (Å²) in [5, 5.41) is 6.79. The zero-order valence-electron chi connectivity index (χ0n) is 12.4. The van der Waals surface area contributed by atoms with Crippen molar-refractivity contribution >= 4 is 28.3 Å². The minimum atomic E-state index is -0.0648. The number of hydrogen-bond acceptors (Lipinski definition) is 5. The molecule has 6 nitrogen and oxygen atoms in total. The van der Waals surface area contributed by atoms with E-state index in [9.17, 15) is 9.59 Å². The van der Waals surface area contributed by atoms with Crippen LogP contribution in [0, 0.1) is 0 Å². The number of aromatic nitrogens is 1. The third-order valence-corrected chi connectivity index (χ3v) is 4.27. The fraction of sp³-hybridized carbons (Fsp3) is 0.643. The van der Waals surface area contributed by atoms with Crippen LogP contribution in [0.4, 0.5) is 5.13 Å². The molecule has 0 atom stereocenters. The molecule has 2 N–H and O–H groups in total. The number of rotatable bonds is 8. The molecule has 1 aliphatic heterocycles. The van der Waals surface area contributed by atoms with Crippen LogP contribution in [-0.2, 0) is 4.79 Å². The molecule has 0 bridgehead atoms. The van der Waals surface area contributed by atoms with Gasteiger partial charge in [-0.25, -0.2) is 4.98 Å². The lowest BCUT2D eigenvalue weighted by atomic mass is 10.4. The van der Waals surface area contributed by atoms with Gasteiger partial charge in [0.25, 0.3) is 5.91 Å². The lowest BCUT2D eigenvalue weighted by Crippen LogP contribution is -2.26. The fourth-order valence-electron chi connectivity index (χ4n) is 2.19. The maximum atomic E-state index is 11.7. The molecule has 0 aromatic carbocycles. The first-order valence-electron chi connectivity index (χ1n) is 7.46. The third-order valence-electron chi connectivity index (χ3n) is 3.32. The van der Waals surface area contributed by atoms with Crippen LogP contribution in [0.15, 0.2) is 6.20 Å². The van der Waals surface area contributed by atoms with Gasteiger partial charge in [0.15, 0.2) is 5.13 Å². The fourth-order valence-corrected chi connectivity index (χ4v) is 2.95. The van der Waals surface area contributed by atoms with Crippen molar-refractivity contribution in [3.05, 3.63) is 11.1 Å². The van der Waals surface area contributed by atoms with Crippen LogP contribution >= 0.6 is 11.3 Å². The molecule has 116 valence electrons. The van der Waals surface area contributed by atoms with Crippen LogP contribution in [0.5, 0.6) is 0 Å². The monoisotopic (exact) mass is 310 g/mol. The molecule has 1 aliphatic rings. The highest BCUT2D eigenvalue weighted by Gasteiger charge is 2.19. The van der Waals surface area contributed by atoms with Crippen molar-refractivity contribution in [3.63, 3.8) is 0 Å². The van der Waals surface area contributed by atoms with Gasteiger partial charge < -0.3 is 15.5 Å². The van der Waals surface area contributed by atoms with Gasteiger partial charge in [-0.1, -0.05) is 18.3 Å². The smallest absolute Gasteiger partial charge is 0.263 e. The van der Waals surface area contributed by atoms with Gasteiger partial charge in [0.2, 0.25) is 5.91 Å². The van der Waals surface area contributed by atoms with Gasteiger partial charge >= 0.3 is 0 Å². The first-order chi connectivity index (χ1) is 10.2.